The Kier molecular flexibility index (Phi) is 4.88. The first-order valence-electron chi connectivity index (χ1n) is 8.41. The lowest BCUT2D eigenvalue weighted by atomic mass is 9.96. The number of aldehydes is 2. The lowest BCUT2D eigenvalue weighted by Crippen LogP contribution is -2.28. The van der Waals surface area contributed by atoms with Crippen molar-refractivity contribution in [2.75, 3.05) is 13.2 Å². The molecule has 0 saturated carbocycles. The summed E-state index contributed by atoms with van der Waals surface area (Å²) in [6.07, 6.45) is 2.51. The molecule has 0 spiro atoms. The highest BCUT2D eigenvalue weighted by molar-refractivity contribution is 5.77. The molecule has 0 fully saturated rings. The second-order valence-corrected chi connectivity index (χ2v) is 7.14. The van der Waals surface area contributed by atoms with Crippen LogP contribution in [0, 0.1) is 5.41 Å². The van der Waals surface area contributed by atoms with Crippen LogP contribution in [0.1, 0.15) is 25.0 Å². The minimum absolute atomic E-state index is 0.166. The molecule has 0 unspecified atom stereocenters. The molecule has 1 aliphatic rings. The average molecular weight is 338 g/mol. The summed E-state index contributed by atoms with van der Waals surface area (Å²) in [6.45, 7) is 5.20. The van der Waals surface area contributed by atoms with E-state index in [9.17, 15) is 9.59 Å². The third-order valence-corrected chi connectivity index (χ3v) is 4.26. The topological polar surface area (TPSA) is 52.6 Å². The van der Waals surface area contributed by atoms with E-state index in [0.717, 1.165) is 46.3 Å². The molecule has 0 saturated heterocycles. The van der Waals surface area contributed by atoms with Gasteiger partial charge in [0.1, 0.15) is 24.1 Å². The van der Waals surface area contributed by atoms with Crippen LogP contribution >= 0.6 is 0 Å². The molecule has 0 aromatic heterocycles. The van der Waals surface area contributed by atoms with Crippen LogP contribution in [-0.2, 0) is 22.4 Å². The Morgan fingerprint density at radius 3 is 1.68 bits per heavy atom. The summed E-state index contributed by atoms with van der Waals surface area (Å²) < 4.78 is 12.2. The molecule has 25 heavy (non-hydrogen) atoms. The van der Waals surface area contributed by atoms with Gasteiger partial charge in [-0.3, -0.25) is 0 Å². The van der Waals surface area contributed by atoms with Crippen LogP contribution in [0.15, 0.2) is 36.4 Å². The lowest BCUT2D eigenvalue weighted by Gasteiger charge is -2.24. The molecule has 1 aliphatic heterocycles. The number of fused-ring (bicyclic) bond motifs is 3. The molecule has 2 aromatic carbocycles. The fourth-order valence-electron chi connectivity index (χ4n) is 2.85. The largest absolute Gasteiger partial charge is 0.492 e. The minimum atomic E-state index is -0.166. The first-order valence-corrected chi connectivity index (χ1v) is 8.41. The summed E-state index contributed by atoms with van der Waals surface area (Å²) in [5.41, 5.74) is 3.54. The standard InChI is InChI=1S/C21H22O4/c1-21(2)13-24-19-11-15(7-9-22)3-5-17(19)18-6-4-16(8-10-23)12-20(18)25-14-21/h3-6,9-12H,7-8,13-14H2,1-2H3. The predicted molar refractivity (Wildman–Crippen MR) is 96.2 cm³/mol. The smallest absolute Gasteiger partial charge is 0.127 e. The summed E-state index contributed by atoms with van der Waals surface area (Å²) in [4.78, 5) is 21.7. The predicted octanol–water partition coefficient (Wildman–Crippen LogP) is 3.63. The van der Waals surface area contributed by atoms with Gasteiger partial charge in [-0.15, -0.1) is 0 Å². The van der Waals surface area contributed by atoms with Crippen molar-refractivity contribution in [1.82, 2.24) is 0 Å². The molecule has 0 atom stereocenters. The van der Waals surface area contributed by atoms with Crippen molar-refractivity contribution in [1.29, 1.82) is 0 Å². The van der Waals surface area contributed by atoms with Gasteiger partial charge in [-0.25, -0.2) is 0 Å². The van der Waals surface area contributed by atoms with Gasteiger partial charge in [-0.1, -0.05) is 38.1 Å². The molecule has 0 aliphatic carbocycles. The Bertz CT molecular complexity index is 727. The van der Waals surface area contributed by atoms with Crippen LogP contribution in [0.4, 0.5) is 0 Å². The number of hydrogen-bond donors (Lipinski definition) is 0. The fourth-order valence-corrected chi connectivity index (χ4v) is 2.85. The zero-order chi connectivity index (χ0) is 17.9. The third kappa shape index (κ3) is 3.90. The maximum atomic E-state index is 10.8. The molecule has 130 valence electrons. The summed E-state index contributed by atoms with van der Waals surface area (Å²) in [5, 5.41) is 0. The van der Waals surface area contributed by atoms with E-state index in [1.807, 2.05) is 36.4 Å². The van der Waals surface area contributed by atoms with Gasteiger partial charge in [0.25, 0.3) is 0 Å². The first kappa shape index (κ1) is 17.2. The molecular formula is C21H22O4. The normalized spacial score (nSPS) is 15.3. The Balaban J connectivity index is 2.13. The maximum Gasteiger partial charge on any atom is 0.127 e. The highest BCUT2D eigenvalue weighted by atomic mass is 16.5. The van der Waals surface area contributed by atoms with Gasteiger partial charge in [0.2, 0.25) is 0 Å². The van der Waals surface area contributed by atoms with E-state index in [4.69, 9.17) is 9.47 Å². The van der Waals surface area contributed by atoms with Crippen molar-refractivity contribution in [3.8, 4) is 22.6 Å². The molecule has 1 heterocycles. The molecular weight excluding hydrogens is 316 g/mol. The molecule has 4 heteroatoms. The molecule has 0 bridgehead atoms. The zero-order valence-corrected chi connectivity index (χ0v) is 14.6. The van der Waals surface area contributed by atoms with Gasteiger partial charge in [-0.05, 0) is 23.3 Å². The third-order valence-electron chi connectivity index (χ3n) is 4.26. The maximum absolute atomic E-state index is 10.8. The van der Waals surface area contributed by atoms with E-state index in [0.29, 0.717) is 26.1 Å². The zero-order valence-electron chi connectivity index (χ0n) is 14.6. The summed E-state index contributed by atoms with van der Waals surface area (Å²) in [6, 6.07) is 11.6. The van der Waals surface area contributed by atoms with E-state index in [-0.39, 0.29) is 5.41 Å². The van der Waals surface area contributed by atoms with Crippen molar-refractivity contribution in [3.05, 3.63) is 47.5 Å². The lowest BCUT2D eigenvalue weighted by molar-refractivity contribution is -0.108. The summed E-state index contributed by atoms with van der Waals surface area (Å²) in [7, 11) is 0. The SMILES string of the molecule is CC1(C)COc2cc(CC=O)ccc2-c2ccc(CC=O)cc2OC1. The monoisotopic (exact) mass is 338 g/mol. The molecule has 2 aromatic rings. The van der Waals surface area contributed by atoms with Crippen LogP contribution in [0.25, 0.3) is 11.1 Å². The van der Waals surface area contributed by atoms with Gasteiger partial charge >= 0.3 is 0 Å². The Morgan fingerprint density at radius 2 is 1.28 bits per heavy atom. The van der Waals surface area contributed by atoms with Crippen LogP contribution < -0.4 is 9.47 Å². The average Bonchev–Trinajstić information content (AvgIpc) is 2.64. The molecule has 3 rings (SSSR count). The van der Waals surface area contributed by atoms with Crippen LogP contribution in [0.5, 0.6) is 11.5 Å². The Hall–Kier alpha value is -2.62. The van der Waals surface area contributed by atoms with Gasteiger partial charge < -0.3 is 19.1 Å². The molecule has 0 N–H and O–H groups in total. The molecule has 0 radical (unpaired) electrons. The van der Waals surface area contributed by atoms with E-state index >= 15 is 0 Å². The second kappa shape index (κ2) is 7.09. The van der Waals surface area contributed by atoms with Crippen LogP contribution in [0.2, 0.25) is 0 Å². The van der Waals surface area contributed by atoms with Crippen molar-refractivity contribution < 1.29 is 19.1 Å². The van der Waals surface area contributed by atoms with Crippen molar-refractivity contribution >= 4 is 12.6 Å². The van der Waals surface area contributed by atoms with E-state index < -0.39 is 0 Å². The van der Waals surface area contributed by atoms with E-state index in [1.54, 1.807) is 0 Å². The van der Waals surface area contributed by atoms with E-state index in [2.05, 4.69) is 13.8 Å². The number of carbonyl (C=O) groups is 2. The van der Waals surface area contributed by atoms with E-state index in [1.165, 1.54) is 0 Å². The Labute approximate surface area is 147 Å². The number of ether oxygens (including phenoxy) is 2. The minimum Gasteiger partial charge on any atom is -0.492 e. The Morgan fingerprint density at radius 1 is 0.840 bits per heavy atom. The molecule has 0 amide bonds. The van der Waals surface area contributed by atoms with Gasteiger partial charge in [0.15, 0.2) is 0 Å². The van der Waals surface area contributed by atoms with Crippen molar-refractivity contribution in [2.24, 2.45) is 5.41 Å². The fraction of sp³-hybridized carbons (Fsp3) is 0.333. The van der Waals surface area contributed by atoms with Crippen LogP contribution in [-0.4, -0.2) is 25.8 Å². The number of carbonyl (C=O) groups excluding carboxylic acids is 2. The number of benzene rings is 2. The van der Waals surface area contributed by atoms with Gasteiger partial charge in [0, 0.05) is 29.4 Å². The second-order valence-electron chi connectivity index (χ2n) is 7.14. The number of rotatable bonds is 4. The summed E-state index contributed by atoms with van der Waals surface area (Å²) in [5.74, 6) is 1.50. The van der Waals surface area contributed by atoms with Crippen molar-refractivity contribution in [2.45, 2.75) is 26.7 Å². The highest BCUT2D eigenvalue weighted by Gasteiger charge is 2.25. The highest BCUT2D eigenvalue weighted by Crippen LogP contribution is 2.40. The van der Waals surface area contributed by atoms with Crippen molar-refractivity contribution in [3.63, 3.8) is 0 Å². The quantitative estimate of drug-likeness (QED) is 0.799. The molecule has 4 nitrogen and oxygen atoms in total. The van der Waals surface area contributed by atoms with Gasteiger partial charge in [0.05, 0.1) is 13.2 Å². The first-order chi connectivity index (χ1) is 12.0. The number of hydrogen-bond acceptors (Lipinski definition) is 4. The summed E-state index contributed by atoms with van der Waals surface area (Å²) >= 11 is 0. The van der Waals surface area contributed by atoms with Crippen LogP contribution in [0.3, 0.4) is 0 Å². The van der Waals surface area contributed by atoms with Gasteiger partial charge in [-0.2, -0.15) is 0 Å².